The molecule has 1 fully saturated rings. The predicted molar refractivity (Wildman–Crippen MR) is 130 cm³/mol. The van der Waals surface area contributed by atoms with Crippen molar-refractivity contribution in [3.05, 3.63) is 90.2 Å². The number of carbonyl (C=O) groups excluding carboxylic acids is 1. The Kier molecular flexibility index (Phi) is 5.75. The van der Waals surface area contributed by atoms with Crippen molar-refractivity contribution in [3.8, 4) is 5.75 Å². The maximum atomic E-state index is 12.8. The highest BCUT2D eigenvalue weighted by Gasteiger charge is 2.29. The molecular weight excluding hydrogens is 452 g/mol. The van der Waals surface area contributed by atoms with Crippen LogP contribution in [-0.2, 0) is 10.0 Å². The molecule has 2 heterocycles. The van der Waals surface area contributed by atoms with Gasteiger partial charge in [0.2, 0.25) is 0 Å². The molecule has 1 aliphatic rings. The van der Waals surface area contributed by atoms with E-state index in [4.69, 9.17) is 9.15 Å². The average Bonchev–Trinajstić information content (AvgIpc) is 3.23. The molecular formula is C26H24N2O5S. The second kappa shape index (κ2) is 8.87. The molecule has 1 saturated heterocycles. The van der Waals surface area contributed by atoms with Gasteiger partial charge in [0, 0.05) is 36.1 Å². The first-order chi connectivity index (χ1) is 16.4. The Morgan fingerprint density at radius 3 is 2.53 bits per heavy atom. The van der Waals surface area contributed by atoms with E-state index in [1.54, 1.807) is 31.2 Å². The van der Waals surface area contributed by atoms with Crippen LogP contribution in [0.4, 0.5) is 5.69 Å². The fourth-order valence-electron chi connectivity index (χ4n) is 4.13. The molecule has 1 amide bonds. The molecule has 3 aromatic carbocycles. The summed E-state index contributed by atoms with van der Waals surface area (Å²) in [6.07, 6.45) is 0. The van der Waals surface area contributed by atoms with Gasteiger partial charge in [0.25, 0.3) is 10.0 Å². The predicted octanol–water partition coefficient (Wildman–Crippen LogP) is 4.55. The number of furan rings is 1. The first kappa shape index (κ1) is 22.0. The fourth-order valence-corrected chi connectivity index (χ4v) is 5.23. The van der Waals surface area contributed by atoms with Crippen LogP contribution in [0.2, 0.25) is 0 Å². The molecule has 5 rings (SSSR count). The highest BCUT2D eigenvalue weighted by molar-refractivity contribution is 7.90. The maximum absolute atomic E-state index is 12.8. The summed E-state index contributed by atoms with van der Waals surface area (Å²) in [5.41, 5.74) is 2.85. The average molecular weight is 477 g/mol. The summed E-state index contributed by atoms with van der Waals surface area (Å²) in [5.74, 6) is -0.241. The van der Waals surface area contributed by atoms with E-state index >= 15 is 0 Å². The third-order valence-corrected chi connectivity index (χ3v) is 7.28. The highest BCUT2D eigenvalue weighted by atomic mass is 32.2. The molecule has 4 aromatic rings. The molecule has 174 valence electrons. The molecule has 8 heteroatoms. The number of ether oxygens (including phenoxy) is 1. The molecule has 0 saturated carbocycles. The number of sulfonamides is 1. The van der Waals surface area contributed by atoms with Gasteiger partial charge in [0.15, 0.2) is 5.76 Å². The molecule has 34 heavy (non-hydrogen) atoms. The second-order valence-corrected chi connectivity index (χ2v) is 9.81. The molecule has 0 radical (unpaired) electrons. The molecule has 1 aliphatic heterocycles. The van der Waals surface area contributed by atoms with Gasteiger partial charge in [-0.05, 0) is 42.8 Å². The Balaban J connectivity index is 1.32. The van der Waals surface area contributed by atoms with Gasteiger partial charge in [-0.15, -0.1) is 0 Å². The summed E-state index contributed by atoms with van der Waals surface area (Å²) in [4.78, 5) is 14.9. The number of hydrogen-bond acceptors (Lipinski definition) is 6. The molecule has 1 N–H and O–H groups in total. The van der Waals surface area contributed by atoms with Crippen LogP contribution in [0.3, 0.4) is 0 Å². The quantitative estimate of drug-likeness (QED) is 0.421. The number of nitrogens with zero attached hydrogens (tertiary/aromatic N) is 1. The molecule has 0 unspecified atom stereocenters. The first-order valence-corrected chi connectivity index (χ1v) is 12.6. The molecule has 0 atom stereocenters. The van der Waals surface area contributed by atoms with E-state index < -0.39 is 15.9 Å². The second-order valence-electron chi connectivity index (χ2n) is 8.16. The third-order valence-electron chi connectivity index (χ3n) is 5.91. The Morgan fingerprint density at radius 1 is 1.03 bits per heavy atom. The number of benzene rings is 3. The third kappa shape index (κ3) is 4.24. The highest BCUT2D eigenvalue weighted by Crippen LogP contribution is 2.34. The normalized spacial score (nSPS) is 14.1. The summed E-state index contributed by atoms with van der Waals surface area (Å²) in [5, 5.41) is 0.723. The largest absolute Gasteiger partial charge is 0.492 e. The summed E-state index contributed by atoms with van der Waals surface area (Å²) in [6.45, 7) is 3.87. The summed E-state index contributed by atoms with van der Waals surface area (Å²) >= 11 is 0. The Morgan fingerprint density at radius 2 is 1.76 bits per heavy atom. The smallest absolute Gasteiger partial charge is 0.300 e. The number of nitrogens with one attached hydrogen (secondary N) is 1. The molecule has 0 spiro atoms. The Labute approximate surface area is 198 Å². The number of rotatable bonds is 7. The maximum Gasteiger partial charge on any atom is 0.300 e. The zero-order chi connectivity index (χ0) is 23.7. The number of hydrogen-bond donors (Lipinski definition) is 1. The van der Waals surface area contributed by atoms with Gasteiger partial charge >= 0.3 is 5.91 Å². The van der Waals surface area contributed by atoms with Gasteiger partial charge in [-0.3, -0.25) is 4.79 Å². The molecule has 1 aromatic heterocycles. The van der Waals surface area contributed by atoms with Crippen LogP contribution in [-0.4, -0.2) is 34.0 Å². The van der Waals surface area contributed by atoms with Crippen molar-refractivity contribution in [2.75, 3.05) is 24.6 Å². The van der Waals surface area contributed by atoms with E-state index in [2.05, 4.69) is 33.9 Å². The van der Waals surface area contributed by atoms with Gasteiger partial charge in [0.05, 0.1) is 6.61 Å². The Bertz CT molecular complexity index is 1440. The van der Waals surface area contributed by atoms with Crippen LogP contribution >= 0.6 is 0 Å². The monoisotopic (exact) mass is 476 g/mol. The minimum atomic E-state index is -4.14. The topological polar surface area (TPSA) is 88.8 Å². The van der Waals surface area contributed by atoms with Crippen molar-refractivity contribution in [2.45, 2.75) is 17.7 Å². The van der Waals surface area contributed by atoms with Crippen LogP contribution in [0.1, 0.15) is 29.0 Å². The lowest BCUT2D eigenvalue weighted by Gasteiger charge is -2.41. The zero-order valence-corrected chi connectivity index (χ0v) is 19.4. The van der Waals surface area contributed by atoms with Gasteiger partial charge in [-0.1, -0.05) is 42.5 Å². The van der Waals surface area contributed by atoms with Crippen molar-refractivity contribution in [1.29, 1.82) is 0 Å². The van der Waals surface area contributed by atoms with Crippen molar-refractivity contribution in [2.24, 2.45) is 0 Å². The molecule has 0 bridgehead atoms. The van der Waals surface area contributed by atoms with Crippen LogP contribution < -0.4 is 14.4 Å². The van der Waals surface area contributed by atoms with E-state index in [9.17, 15) is 13.2 Å². The number of carbonyl (C=O) groups is 1. The van der Waals surface area contributed by atoms with E-state index in [-0.39, 0.29) is 16.4 Å². The van der Waals surface area contributed by atoms with E-state index in [1.807, 2.05) is 24.3 Å². The number of fused-ring (bicyclic) bond motifs is 1. The SMILES string of the molecule is CCOc1ccccc1S(=O)(=O)NC(=O)c1cc2ccc(N3CC(c4ccccc4)C3)cc2o1. The van der Waals surface area contributed by atoms with Crippen molar-refractivity contribution in [3.63, 3.8) is 0 Å². The lowest BCUT2D eigenvalue weighted by atomic mass is 9.91. The Hall–Kier alpha value is -3.78. The van der Waals surface area contributed by atoms with Crippen LogP contribution in [0.15, 0.2) is 88.2 Å². The fraction of sp³-hybridized carbons (Fsp3) is 0.192. The van der Waals surface area contributed by atoms with Gasteiger partial charge in [0.1, 0.15) is 16.2 Å². The minimum absolute atomic E-state index is 0.0737. The summed E-state index contributed by atoms with van der Waals surface area (Å²) in [7, 11) is -4.14. The van der Waals surface area contributed by atoms with Crippen LogP contribution in [0.25, 0.3) is 11.0 Å². The first-order valence-electron chi connectivity index (χ1n) is 11.1. The van der Waals surface area contributed by atoms with Crippen LogP contribution in [0.5, 0.6) is 5.75 Å². The summed E-state index contributed by atoms with van der Waals surface area (Å²) < 4.78 is 38.8. The van der Waals surface area contributed by atoms with Gasteiger partial charge < -0.3 is 14.1 Å². The van der Waals surface area contributed by atoms with E-state index in [0.29, 0.717) is 18.1 Å². The molecule has 0 aliphatic carbocycles. The van der Waals surface area contributed by atoms with Gasteiger partial charge in [-0.25, -0.2) is 13.1 Å². The van der Waals surface area contributed by atoms with E-state index in [0.717, 1.165) is 24.2 Å². The van der Waals surface area contributed by atoms with Crippen LogP contribution in [0, 0.1) is 0 Å². The number of anilines is 1. The lowest BCUT2D eigenvalue weighted by Crippen LogP contribution is -2.44. The standard InChI is InChI=1S/C26H24N2O5S/c1-2-32-22-10-6-7-11-25(22)34(30,31)27-26(29)24-14-19-12-13-21(15-23(19)33-24)28-16-20(17-28)18-8-4-3-5-9-18/h3-15,20H,2,16-17H2,1H3,(H,27,29). The minimum Gasteiger partial charge on any atom is -0.492 e. The van der Waals surface area contributed by atoms with Crippen molar-refractivity contribution in [1.82, 2.24) is 4.72 Å². The van der Waals surface area contributed by atoms with Crippen molar-refractivity contribution >= 4 is 32.6 Å². The lowest BCUT2D eigenvalue weighted by molar-refractivity contribution is 0.0956. The number of amides is 1. The molecule has 7 nitrogen and oxygen atoms in total. The number of para-hydroxylation sites is 1. The van der Waals surface area contributed by atoms with Gasteiger partial charge in [-0.2, -0.15) is 0 Å². The summed E-state index contributed by atoms with van der Waals surface area (Å²) in [6, 6.07) is 23.9. The zero-order valence-electron chi connectivity index (χ0n) is 18.6. The van der Waals surface area contributed by atoms with Crippen molar-refractivity contribution < 1.29 is 22.4 Å². The van der Waals surface area contributed by atoms with E-state index in [1.165, 1.54) is 11.6 Å².